The number of hydrogen-bond acceptors (Lipinski definition) is 6. The highest BCUT2D eigenvalue weighted by atomic mass is 19.3. The van der Waals surface area contributed by atoms with Crippen LogP contribution >= 0.6 is 0 Å². The van der Waals surface area contributed by atoms with Gasteiger partial charge in [-0.3, -0.25) is 10.1 Å². The Morgan fingerprint density at radius 3 is 2.59 bits per heavy atom. The Hall–Kier alpha value is -0.830. The average Bonchev–Trinajstić information content (AvgIpc) is 2.22. The van der Waals surface area contributed by atoms with E-state index in [2.05, 4.69) is 10.1 Å². The molecule has 0 saturated carbocycles. The summed E-state index contributed by atoms with van der Waals surface area (Å²) in [5, 5.41) is 20.1. The molecule has 0 rings (SSSR count). The lowest BCUT2D eigenvalue weighted by Gasteiger charge is -2.25. The first-order chi connectivity index (χ1) is 7.82. The van der Waals surface area contributed by atoms with Crippen molar-refractivity contribution in [1.29, 1.82) is 0 Å². The smallest absolute Gasteiger partial charge is 0.304 e. The van der Waals surface area contributed by atoms with E-state index in [9.17, 15) is 18.7 Å². The number of ether oxygens (including phenoxy) is 1. The fourth-order valence-electron chi connectivity index (χ4n) is 1.08. The van der Waals surface area contributed by atoms with Crippen LogP contribution in [-0.4, -0.2) is 54.1 Å². The Morgan fingerprint density at radius 1 is 1.59 bits per heavy atom. The first kappa shape index (κ1) is 16.2. The maximum absolute atomic E-state index is 13.1. The number of esters is 1. The molecule has 0 aliphatic heterocycles. The predicted octanol–water partition coefficient (Wildman–Crippen LogP) is -1.20. The van der Waals surface area contributed by atoms with Gasteiger partial charge in [-0.1, -0.05) is 0 Å². The molecular weight excluding hydrogens is 238 g/mol. The summed E-state index contributed by atoms with van der Waals surface area (Å²) in [6, 6.07) is 0. The highest BCUT2D eigenvalue weighted by Gasteiger charge is 2.31. The normalized spacial score (nSPS) is 15.4. The van der Waals surface area contributed by atoms with E-state index in [4.69, 9.17) is 10.8 Å². The quantitative estimate of drug-likeness (QED) is 0.321. The van der Waals surface area contributed by atoms with Gasteiger partial charge in [-0.05, 0) is 6.54 Å². The van der Waals surface area contributed by atoms with Gasteiger partial charge in [0, 0.05) is 13.3 Å². The predicted molar refractivity (Wildman–Crippen MR) is 55.3 cm³/mol. The van der Waals surface area contributed by atoms with Gasteiger partial charge in [0.25, 0.3) is 5.92 Å². The number of aliphatic hydroxyl groups is 2. The maximum atomic E-state index is 13.1. The Kier molecular flexibility index (Phi) is 7.12. The Bertz CT molecular complexity index is 241. The molecular formula is C9H18F2N2O4. The molecule has 8 heteroatoms. The summed E-state index contributed by atoms with van der Waals surface area (Å²) in [5.41, 5.74) is 5.01. The van der Waals surface area contributed by atoms with E-state index >= 15 is 0 Å². The minimum absolute atomic E-state index is 0.185. The number of rotatable bonds is 8. The minimum Gasteiger partial charge on any atom is -0.444 e. The molecule has 0 amide bonds. The largest absolute Gasteiger partial charge is 0.444 e. The molecule has 0 aromatic rings. The van der Waals surface area contributed by atoms with Gasteiger partial charge < -0.3 is 20.7 Å². The van der Waals surface area contributed by atoms with Gasteiger partial charge in [0.05, 0.1) is 13.2 Å². The number of aliphatic hydroxyl groups excluding tert-OH is 2. The fraction of sp³-hybridized carbons (Fsp3) is 0.889. The summed E-state index contributed by atoms with van der Waals surface area (Å²) < 4.78 is 30.7. The van der Waals surface area contributed by atoms with Crippen LogP contribution in [0.3, 0.4) is 0 Å². The Morgan fingerprint density at radius 2 is 2.18 bits per heavy atom. The highest BCUT2D eigenvalue weighted by molar-refractivity contribution is 5.66. The zero-order chi connectivity index (χ0) is 13.5. The first-order valence-electron chi connectivity index (χ1n) is 5.10. The molecule has 2 unspecified atom stereocenters. The van der Waals surface area contributed by atoms with E-state index in [1.165, 1.54) is 0 Å². The summed E-state index contributed by atoms with van der Waals surface area (Å²) in [7, 11) is 0. The summed E-state index contributed by atoms with van der Waals surface area (Å²) in [6.07, 6.45) is -3.36. The third-order valence-corrected chi connectivity index (χ3v) is 1.90. The Labute approximate surface area is 97.7 Å². The van der Waals surface area contributed by atoms with E-state index in [0.717, 1.165) is 6.92 Å². The molecule has 0 bridgehead atoms. The van der Waals surface area contributed by atoms with Crippen LogP contribution in [0.25, 0.3) is 0 Å². The van der Waals surface area contributed by atoms with Crippen molar-refractivity contribution in [3.63, 3.8) is 0 Å². The van der Waals surface area contributed by atoms with Crippen LogP contribution in [-0.2, 0) is 9.53 Å². The van der Waals surface area contributed by atoms with Crippen LogP contribution in [0.4, 0.5) is 8.78 Å². The molecule has 0 aromatic carbocycles. The van der Waals surface area contributed by atoms with Crippen LogP contribution in [0.5, 0.6) is 0 Å². The van der Waals surface area contributed by atoms with Gasteiger partial charge in [0.2, 0.25) is 0 Å². The van der Waals surface area contributed by atoms with E-state index in [1.54, 1.807) is 0 Å². The summed E-state index contributed by atoms with van der Waals surface area (Å²) in [5.74, 6) is -3.82. The van der Waals surface area contributed by atoms with Crippen LogP contribution < -0.4 is 11.1 Å². The molecule has 6 nitrogen and oxygen atoms in total. The highest BCUT2D eigenvalue weighted by Crippen LogP contribution is 2.16. The molecule has 17 heavy (non-hydrogen) atoms. The Balaban J connectivity index is 4.29. The lowest BCUT2D eigenvalue weighted by molar-refractivity contribution is -0.158. The molecule has 0 radical (unpaired) electrons. The van der Waals surface area contributed by atoms with Crippen LogP contribution in [0, 0.1) is 0 Å². The molecule has 0 heterocycles. The molecule has 0 aliphatic carbocycles. The molecule has 0 fully saturated rings. The minimum atomic E-state index is -3.07. The zero-order valence-corrected chi connectivity index (χ0v) is 9.53. The molecule has 0 aromatic heterocycles. The second-order valence-electron chi connectivity index (χ2n) is 3.56. The number of nitrogens with two attached hydrogens (primary N) is 1. The van der Waals surface area contributed by atoms with Crippen molar-refractivity contribution in [2.45, 2.75) is 31.6 Å². The molecule has 5 N–H and O–H groups in total. The summed E-state index contributed by atoms with van der Waals surface area (Å²) in [6.45, 7) is -0.640. The van der Waals surface area contributed by atoms with Crippen LogP contribution in [0.15, 0.2) is 0 Å². The third kappa shape index (κ3) is 7.16. The van der Waals surface area contributed by atoms with Crippen molar-refractivity contribution < 1.29 is 28.5 Å². The first-order valence-corrected chi connectivity index (χ1v) is 5.10. The van der Waals surface area contributed by atoms with E-state index < -0.39 is 43.8 Å². The average molecular weight is 256 g/mol. The lowest BCUT2D eigenvalue weighted by Crippen LogP contribution is -2.49. The van der Waals surface area contributed by atoms with Gasteiger partial charge >= 0.3 is 5.97 Å². The van der Waals surface area contributed by atoms with Crippen molar-refractivity contribution in [2.75, 3.05) is 19.7 Å². The number of hydrogen-bond donors (Lipinski definition) is 4. The summed E-state index contributed by atoms with van der Waals surface area (Å²) in [4.78, 5) is 10.7. The summed E-state index contributed by atoms with van der Waals surface area (Å²) >= 11 is 0. The number of carbonyl (C=O) groups is 1. The molecule has 0 spiro atoms. The SMILES string of the molecule is CC(=O)OC(NCC(F)(F)CCN)C(O)CO. The maximum Gasteiger partial charge on any atom is 0.304 e. The third-order valence-electron chi connectivity index (χ3n) is 1.90. The molecule has 102 valence electrons. The van der Waals surface area contributed by atoms with Crippen molar-refractivity contribution >= 4 is 5.97 Å². The lowest BCUT2D eigenvalue weighted by atomic mass is 10.2. The van der Waals surface area contributed by atoms with Crippen molar-refractivity contribution in [3.05, 3.63) is 0 Å². The monoisotopic (exact) mass is 256 g/mol. The second kappa shape index (κ2) is 7.49. The standard InChI is InChI=1S/C9H18F2N2O4/c1-6(15)17-8(7(16)4-14)13-5-9(10,11)2-3-12/h7-8,13-14,16H,2-5,12H2,1H3. The number of alkyl halides is 2. The fourth-order valence-corrected chi connectivity index (χ4v) is 1.08. The number of nitrogens with one attached hydrogen (secondary N) is 1. The van der Waals surface area contributed by atoms with Gasteiger partial charge in [-0.25, -0.2) is 8.78 Å². The van der Waals surface area contributed by atoms with E-state index in [0.29, 0.717) is 0 Å². The second-order valence-corrected chi connectivity index (χ2v) is 3.56. The van der Waals surface area contributed by atoms with Crippen LogP contribution in [0.2, 0.25) is 0 Å². The topological polar surface area (TPSA) is 105 Å². The van der Waals surface area contributed by atoms with Crippen molar-refractivity contribution in [2.24, 2.45) is 5.73 Å². The molecule has 0 aliphatic rings. The van der Waals surface area contributed by atoms with E-state index in [1.807, 2.05) is 0 Å². The van der Waals surface area contributed by atoms with Crippen LogP contribution in [0.1, 0.15) is 13.3 Å². The van der Waals surface area contributed by atoms with Gasteiger partial charge in [0.1, 0.15) is 6.10 Å². The van der Waals surface area contributed by atoms with Crippen molar-refractivity contribution in [3.8, 4) is 0 Å². The molecule has 0 saturated heterocycles. The zero-order valence-electron chi connectivity index (χ0n) is 9.53. The number of halogens is 2. The van der Waals surface area contributed by atoms with E-state index in [-0.39, 0.29) is 6.54 Å². The van der Waals surface area contributed by atoms with Crippen molar-refractivity contribution in [1.82, 2.24) is 5.32 Å². The van der Waals surface area contributed by atoms with Gasteiger partial charge in [-0.15, -0.1) is 0 Å². The molecule has 2 atom stereocenters. The van der Waals surface area contributed by atoms with Gasteiger partial charge in [0.15, 0.2) is 6.23 Å². The number of carbonyl (C=O) groups excluding carboxylic acids is 1. The van der Waals surface area contributed by atoms with Gasteiger partial charge in [-0.2, -0.15) is 0 Å².